The molecule has 1 saturated heterocycles. The minimum Gasteiger partial charge on any atom is -0.356 e. The predicted octanol–water partition coefficient (Wildman–Crippen LogP) is 3.00. The van der Waals surface area contributed by atoms with E-state index >= 15 is 0 Å². The Morgan fingerprint density at radius 2 is 1.84 bits per heavy atom. The van der Waals surface area contributed by atoms with E-state index in [1.807, 2.05) is 17.0 Å². The largest absolute Gasteiger partial charge is 0.356 e. The number of piperazine rings is 1. The van der Waals surface area contributed by atoms with E-state index in [1.165, 1.54) is 11.3 Å². The van der Waals surface area contributed by atoms with Gasteiger partial charge in [0, 0.05) is 39.3 Å². The second kappa shape index (κ2) is 8.01. The maximum Gasteiger partial charge on any atom is 0.264 e. The molecule has 25 heavy (non-hydrogen) atoms. The zero-order chi connectivity index (χ0) is 17.8. The van der Waals surface area contributed by atoms with Gasteiger partial charge in [0.15, 0.2) is 11.6 Å². The molecule has 2 aromatic heterocycles. The molecule has 1 aliphatic heterocycles. The van der Waals surface area contributed by atoms with E-state index in [-0.39, 0.29) is 5.91 Å². The molecule has 1 amide bonds. The van der Waals surface area contributed by atoms with Gasteiger partial charge in [0.2, 0.25) is 0 Å². The van der Waals surface area contributed by atoms with E-state index in [0.717, 1.165) is 37.8 Å². The summed E-state index contributed by atoms with van der Waals surface area (Å²) in [7, 11) is 0. The van der Waals surface area contributed by atoms with Crippen molar-refractivity contribution in [1.29, 1.82) is 0 Å². The van der Waals surface area contributed by atoms with Crippen LogP contribution in [0.15, 0.2) is 24.3 Å². The summed E-state index contributed by atoms with van der Waals surface area (Å²) in [6, 6.07) is 7.58. The summed E-state index contributed by atoms with van der Waals surface area (Å²) < 4.78 is 0.644. The Balaban J connectivity index is 1.59. The number of nitrogens with zero attached hydrogens (tertiary/aromatic N) is 5. The van der Waals surface area contributed by atoms with Gasteiger partial charge >= 0.3 is 0 Å². The van der Waals surface area contributed by atoms with Gasteiger partial charge < -0.3 is 14.7 Å². The molecule has 134 valence electrons. The lowest BCUT2D eigenvalue weighted by Crippen LogP contribution is -2.49. The van der Waals surface area contributed by atoms with Crippen LogP contribution >= 0.6 is 22.9 Å². The number of hydrogen-bond donors (Lipinski definition) is 0. The van der Waals surface area contributed by atoms with Crippen molar-refractivity contribution in [1.82, 2.24) is 15.1 Å². The normalized spacial score (nSPS) is 14.7. The van der Waals surface area contributed by atoms with E-state index in [0.29, 0.717) is 22.3 Å². The fourth-order valence-electron chi connectivity index (χ4n) is 2.93. The van der Waals surface area contributed by atoms with Crippen LogP contribution in [-0.4, -0.2) is 60.3 Å². The van der Waals surface area contributed by atoms with Crippen LogP contribution in [0.3, 0.4) is 0 Å². The molecule has 0 radical (unpaired) electrons. The molecule has 1 fully saturated rings. The van der Waals surface area contributed by atoms with Crippen molar-refractivity contribution in [2.24, 2.45) is 0 Å². The van der Waals surface area contributed by atoms with Crippen LogP contribution < -0.4 is 9.80 Å². The smallest absolute Gasteiger partial charge is 0.264 e. The Kier molecular flexibility index (Phi) is 5.75. The van der Waals surface area contributed by atoms with Gasteiger partial charge in [-0.05, 0) is 38.1 Å². The van der Waals surface area contributed by atoms with Crippen LogP contribution in [0.25, 0.3) is 0 Å². The Morgan fingerprint density at radius 3 is 2.36 bits per heavy atom. The van der Waals surface area contributed by atoms with E-state index in [4.69, 9.17) is 11.6 Å². The van der Waals surface area contributed by atoms with Gasteiger partial charge in [0.25, 0.3) is 5.91 Å². The number of hydrogen-bond acceptors (Lipinski definition) is 6. The number of thiophene rings is 1. The van der Waals surface area contributed by atoms with Crippen LogP contribution in [0, 0.1) is 0 Å². The Hall–Kier alpha value is -1.86. The third kappa shape index (κ3) is 4.04. The summed E-state index contributed by atoms with van der Waals surface area (Å²) in [5.41, 5.74) is 0. The van der Waals surface area contributed by atoms with Gasteiger partial charge in [-0.15, -0.1) is 21.5 Å². The molecule has 0 unspecified atom stereocenters. The highest BCUT2D eigenvalue weighted by molar-refractivity contribution is 7.17. The highest BCUT2D eigenvalue weighted by atomic mass is 35.5. The molecule has 0 atom stereocenters. The first-order valence-electron chi connectivity index (χ1n) is 8.50. The summed E-state index contributed by atoms with van der Waals surface area (Å²) in [6.45, 7) is 8.90. The molecule has 0 aromatic carbocycles. The van der Waals surface area contributed by atoms with Crippen molar-refractivity contribution in [2.45, 2.75) is 13.8 Å². The van der Waals surface area contributed by atoms with Gasteiger partial charge in [-0.2, -0.15) is 0 Å². The molecule has 2 aromatic rings. The molecular weight excluding hydrogens is 358 g/mol. The Labute approximate surface area is 157 Å². The quantitative estimate of drug-likeness (QED) is 0.799. The lowest BCUT2D eigenvalue weighted by atomic mass is 10.3. The predicted molar refractivity (Wildman–Crippen MR) is 103 cm³/mol. The molecule has 3 rings (SSSR count). The van der Waals surface area contributed by atoms with Crippen molar-refractivity contribution in [3.63, 3.8) is 0 Å². The highest BCUT2D eigenvalue weighted by Crippen LogP contribution is 2.24. The zero-order valence-electron chi connectivity index (χ0n) is 14.5. The number of halogens is 1. The maximum atomic E-state index is 12.5. The van der Waals surface area contributed by atoms with Crippen molar-refractivity contribution in [3.8, 4) is 0 Å². The van der Waals surface area contributed by atoms with E-state index < -0.39 is 0 Å². The fourth-order valence-corrected chi connectivity index (χ4v) is 3.94. The van der Waals surface area contributed by atoms with Gasteiger partial charge in [0.1, 0.15) is 0 Å². The van der Waals surface area contributed by atoms with Crippen molar-refractivity contribution >= 4 is 40.5 Å². The van der Waals surface area contributed by atoms with Gasteiger partial charge in [-0.1, -0.05) is 11.6 Å². The number of rotatable bonds is 5. The molecule has 1 aliphatic rings. The second-order valence-corrected chi connectivity index (χ2v) is 7.52. The van der Waals surface area contributed by atoms with Crippen LogP contribution in [0.1, 0.15) is 23.5 Å². The number of amides is 1. The first-order valence-corrected chi connectivity index (χ1v) is 9.70. The summed E-state index contributed by atoms with van der Waals surface area (Å²) in [4.78, 5) is 19.4. The molecule has 3 heterocycles. The highest BCUT2D eigenvalue weighted by Gasteiger charge is 2.24. The summed E-state index contributed by atoms with van der Waals surface area (Å²) in [6.07, 6.45) is 0. The first kappa shape index (κ1) is 17.9. The molecule has 8 heteroatoms. The first-order chi connectivity index (χ1) is 12.1. The number of aromatic nitrogens is 2. The summed E-state index contributed by atoms with van der Waals surface area (Å²) >= 11 is 7.25. The van der Waals surface area contributed by atoms with Gasteiger partial charge in [-0.25, -0.2) is 0 Å². The summed E-state index contributed by atoms with van der Waals surface area (Å²) in [5, 5.41) is 8.71. The van der Waals surface area contributed by atoms with Crippen LogP contribution in [0.2, 0.25) is 4.34 Å². The minimum absolute atomic E-state index is 0.0551. The molecule has 0 spiro atoms. The van der Waals surface area contributed by atoms with E-state index in [9.17, 15) is 4.79 Å². The summed E-state index contributed by atoms with van der Waals surface area (Å²) in [5.74, 6) is 1.82. The van der Waals surface area contributed by atoms with E-state index in [1.54, 1.807) is 12.1 Å². The van der Waals surface area contributed by atoms with E-state index in [2.05, 4.69) is 33.8 Å². The topological polar surface area (TPSA) is 52.6 Å². The molecule has 0 saturated carbocycles. The molecule has 0 bridgehead atoms. The number of anilines is 2. The Bertz CT molecular complexity index is 708. The molecule has 6 nitrogen and oxygen atoms in total. The lowest BCUT2D eigenvalue weighted by molar-refractivity contribution is 0.0751. The van der Waals surface area contributed by atoms with Crippen molar-refractivity contribution in [3.05, 3.63) is 33.5 Å². The SMILES string of the molecule is CCN(CC)c1ccc(N2CCN(C(=O)c3ccc(Cl)s3)CC2)nn1. The third-order valence-corrected chi connectivity index (χ3v) is 5.62. The zero-order valence-corrected chi connectivity index (χ0v) is 16.1. The molecular formula is C17H22ClN5OS. The fraction of sp³-hybridized carbons (Fsp3) is 0.471. The molecule has 0 N–H and O–H groups in total. The van der Waals surface area contributed by atoms with Crippen LogP contribution in [0.4, 0.5) is 11.6 Å². The molecule has 0 aliphatic carbocycles. The second-order valence-electron chi connectivity index (χ2n) is 5.81. The number of carbonyl (C=O) groups is 1. The third-order valence-electron chi connectivity index (χ3n) is 4.40. The standard InChI is InChI=1S/C17H22ClN5OS/c1-3-21(4-2)15-7-8-16(20-19-15)22-9-11-23(12-10-22)17(24)13-5-6-14(18)25-13/h5-8H,3-4,9-12H2,1-2H3. The van der Waals surface area contributed by atoms with Crippen LogP contribution in [0.5, 0.6) is 0 Å². The Morgan fingerprint density at radius 1 is 1.12 bits per heavy atom. The average molecular weight is 380 g/mol. The lowest BCUT2D eigenvalue weighted by Gasteiger charge is -2.35. The maximum absolute atomic E-state index is 12.5. The van der Waals surface area contributed by atoms with Gasteiger partial charge in [0.05, 0.1) is 9.21 Å². The van der Waals surface area contributed by atoms with Crippen molar-refractivity contribution in [2.75, 3.05) is 49.1 Å². The number of carbonyl (C=O) groups excluding carboxylic acids is 1. The van der Waals surface area contributed by atoms with Crippen molar-refractivity contribution < 1.29 is 4.79 Å². The minimum atomic E-state index is 0.0551. The van der Waals surface area contributed by atoms with Gasteiger partial charge in [-0.3, -0.25) is 4.79 Å². The van der Waals surface area contributed by atoms with Crippen LogP contribution in [-0.2, 0) is 0 Å². The average Bonchev–Trinajstić information content (AvgIpc) is 3.09. The monoisotopic (exact) mass is 379 g/mol.